The molecule has 1 aliphatic rings. The lowest BCUT2D eigenvalue weighted by atomic mass is 10.0. The normalized spacial score (nSPS) is 17.7. The molecular formula is C16H14F3N. The van der Waals surface area contributed by atoms with Crippen LogP contribution in [0.4, 0.5) is 18.9 Å². The quantitative estimate of drug-likeness (QED) is 0.795. The highest BCUT2D eigenvalue weighted by atomic mass is 19.4. The molecule has 3 rings (SSSR count). The maximum Gasteiger partial charge on any atom is 0.416 e. The van der Waals surface area contributed by atoms with Crippen LogP contribution in [0.2, 0.25) is 0 Å². The minimum Gasteiger partial charge on any atom is -0.378 e. The molecular weight excluding hydrogens is 263 g/mol. The van der Waals surface area contributed by atoms with E-state index in [0.717, 1.165) is 23.6 Å². The first-order valence-electron chi connectivity index (χ1n) is 6.47. The molecule has 0 aromatic heterocycles. The molecule has 1 aliphatic heterocycles. The number of fused-ring (bicyclic) bond motifs is 1. The van der Waals surface area contributed by atoms with Gasteiger partial charge in [0.05, 0.1) is 11.6 Å². The van der Waals surface area contributed by atoms with Gasteiger partial charge in [-0.3, -0.25) is 0 Å². The van der Waals surface area contributed by atoms with E-state index in [1.165, 1.54) is 11.6 Å². The zero-order valence-electron chi connectivity index (χ0n) is 11.0. The summed E-state index contributed by atoms with van der Waals surface area (Å²) in [7, 11) is 0. The maximum atomic E-state index is 12.7. The largest absolute Gasteiger partial charge is 0.416 e. The van der Waals surface area contributed by atoms with Crippen molar-refractivity contribution in [1.29, 1.82) is 0 Å². The average Bonchev–Trinajstić information content (AvgIpc) is 2.81. The standard InChI is InChI=1S/C16H14F3N/c1-10-2-4-11(5-3-10)14-8-12-6-7-13(16(17,18)19)9-15(12)20-14/h2-7,9,14,20H,8H2,1H3. The fourth-order valence-corrected chi connectivity index (χ4v) is 2.52. The zero-order chi connectivity index (χ0) is 14.3. The number of alkyl halides is 3. The molecule has 0 fully saturated rings. The van der Waals surface area contributed by atoms with Gasteiger partial charge in [0.2, 0.25) is 0 Å². The van der Waals surface area contributed by atoms with Crippen molar-refractivity contribution in [3.8, 4) is 0 Å². The van der Waals surface area contributed by atoms with Crippen molar-refractivity contribution in [3.63, 3.8) is 0 Å². The summed E-state index contributed by atoms with van der Waals surface area (Å²) < 4.78 is 38.1. The molecule has 0 radical (unpaired) electrons. The number of benzene rings is 2. The van der Waals surface area contributed by atoms with E-state index in [9.17, 15) is 13.2 Å². The van der Waals surface area contributed by atoms with E-state index >= 15 is 0 Å². The molecule has 0 saturated heterocycles. The van der Waals surface area contributed by atoms with Gasteiger partial charge in [-0.2, -0.15) is 13.2 Å². The Balaban J connectivity index is 1.87. The summed E-state index contributed by atoms with van der Waals surface area (Å²) in [5, 5.41) is 3.18. The predicted octanol–water partition coefficient (Wildman–Crippen LogP) is 4.72. The summed E-state index contributed by atoms with van der Waals surface area (Å²) in [6, 6.07) is 12.0. The molecule has 104 valence electrons. The topological polar surface area (TPSA) is 12.0 Å². The van der Waals surface area contributed by atoms with Crippen molar-refractivity contribution in [3.05, 3.63) is 64.7 Å². The Bertz CT molecular complexity index is 629. The van der Waals surface area contributed by atoms with Crippen LogP contribution in [0.5, 0.6) is 0 Å². The molecule has 0 aliphatic carbocycles. The summed E-state index contributed by atoms with van der Waals surface area (Å²) in [5.74, 6) is 0. The van der Waals surface area contributed by atoms with E-state index in [-0.39, 0.29) is 6.04 Å². The van der Waals surface area contributed by atoms with Crippen LogP contribution in [0.3, 0.4) is 0 Å². The van der Waals surface area contributed by atoms with Gasteiger partial charge in [-0.1, -0.05) is 35.9 Å². The SMILES string of the molecule is Cc1ccc(C2Cc3ccc(C(F)(F)F)cc3N2)cc1. The highest BCUT2D eigenvalue weighted by Gasteiger charge is 2.32. The lowest BCUT2D eigenvalue weighted by Crippen LogP contribution is -2.06. The molecule has 20 heavy (non-hydrogen) atoms. The van der Waals surface area contributed by atoms with Crippen molar-refractivity contribution in [2.75, 3.05) is 5.32 Å². The number of anilines is 1. The van der Waals surface area contributed by atoms with Gasteiger partial charge in [0.25, 0.3) is 0 Å². The molecule has 0 saturated carbocycles. The Kier molecular flexibility index (Phi) is 2.96. The highest BCUT2D eigenvalue weighted by molar-refractivity contribution is 5.60. The first-order chi connectivity index (χ1) is 9.43. The zero-order valence-corrected chi connectivity index (χ0v) is 11.0. The van der Waals surface area contributed by atoms with Crippen LogP contribution in [0.25, 0.3) is 0 Å². The van der Waals surface area contributed by atoms with Gasteiger partial charge in [-0.05, 0) is 36.6 Å². The van der Waals surface area contributed by atoms with Crippen LogP contribution < -0.4 is 5.32 Å². The summed E-state index contributed by atoms with van der Waals surface area (Å²) in [6.07, 6.45) is -3.57. The molecule has 2 aromatic carbocycles. The van der Waals surface area contributed by atoms with Crippen LogP contribution in [0.1, 0.15) is 28.3 Å². The maximum absolute atomic E-state index is 12.7. The molecule has 0 amide bonds. The molecule has 1 heterocycles. The Morgan fingerprint density at radius 2 is 1.75 bits per heavy atom. The van der Waals surface area contributed by atoms with Gasteiger partial charge in [-0.25, -0.2) is 0 Å². The van der Waals surface area contributed by atoms with E-state index in [2.05, 4.69) is 5.32 Å². The fourth-order valence-electron chi connectivity index (χ4n) is 2.52. The fraction of sp³-hybridized carbons (Fsp3) is 0.250. The van der Waals surface area contributed by atoms with Crippen LogP contribution in [0.15, 0.2) is 42.5 Å². The molecule has 1 N–H and O–H groups in total. The van der Waals surface area contributed by atoms with Crippen molar-refractivity contribution in [1.82, 2.24) is 0 Å². The second-order valence-electron chi connectivity index (χ2n) is 5.18. The third-order valence-corrected chi connectivity index (χ3v) is 3.67. The second-order valence-corrected chi connectivity index (χ2v) is 5.18. The lowest BCUT2D eigenvalue weighted by Gasteiger charge is -2.12. The number of halogens is 3. The van der Waals surface area contributed by atoms with E-state index < -0.39 is 11.7 Å². The van der Waals surface area contributed by atoms with Crippen LogP contribution in [-0.2, 0) is 12.6 Å². The van der Waals surface area contributed by atoms with Crippen molar-refractivity contribution < 1.29 is 13.2 Å². The Labute approximate surface area is 115 Å². The Hall–Kier alpha value is -1.97. The molecule has 1 unspecified atom stereocenters. The summed E-state index contributed by atoms with van der Waals surface area (Å²) in [4.78, 5) is 0. The number of hydrogen-bond donors (Lipinski definition) is 1. The molecule has 4 heteroatoms. The van der Waals surface area contributed by atoms with Gasteiger partial charge in [0, 0.05) is 5.69 Å². The summed E-state index contributed by atoms with van der Waals surface area (Å²) in [6.45, 7) is 2.01. The van der Waals surface area contributed by atoms with Crippen molar-refractivity contribution in [2.45, 2.75) is 25.6 Å². The van der Waals surface area contributed by atoms with Crippen molar-refractivity contribution >= 4 is 5.69 Å². The third-order valence-electron chi connectivity index (χ3n) is 3.67. The van der Waals surface area contributed by atoms with Crippen LogP contribution in [-0.4, -0.2) is 0 Å². The number of rotatable bonds is 1. The molecule has 1 nitrogen and oxygen atoms in total. The minimum atomic E-state index is -4.29. The third kappa shape index (κ3) is 2.38. The first kappa shape index (κ1) is 13.0. The van der Waals surface area contributed by atoms with Gasteiger partial charge >= 0.3 is 6.18 Å². The van der Waals surface area contributed by atoms with E-state index in [1.54, 1.807) is 6.07 Å². The van der Waals surface area contributed by atoms with Gasteiger partial charge in [0.1, 0.15) is 0 Å². The molecule has 0 bridgehead atoms. The first-order valence-corrected chi connectivity index (χ1v) is 6.47. The Morgan fingerprint density at radius 1 is 1.05 bits per heavy atom. The van der Waals surface area contributed by atoms with Gasteiger partial charge in [0.15, 0.2) is 0 Å². The molecule has 2 aromatic rings. The van der Waals surface area contributed by atoms with E-state index in [4.69, 9.17) is 0 Å². The second kappa shape index (κ2) is 4.54. The van der Waals surface area contributed by atoms with Gasteiger partial charge < -0.3 is 5.32 Å². The highest BCUT2D eigenvalue weighted by Crippen LogP contribution is 2.38. The van der Waals surface area contributed by atoms with Crippen molar-refractivity contribution in [2.24, 2.45) is 0 Å². The number of hydrogen-bond acceptors (Lipinski definition) is 1. The Morgan fingerprint density at radius 3 is 2.40 bits per heavy atom. The minimum absolute atomic E-state index is 0.0501. The molecule has 0 spiro atoms. The number of nitrogens with one attached hydrogen (secondary N) is 1. The smallest absolute Gasteiger partial charge is 0.378 e. The van der Waals surface area contributed by atoms with E-state index in [1.807, 2.05) is 31.2 Å². The van der Waals surface area contributed by atoms with E-state index in [0.29, 0.717) is 5.69 Å². The summed E-state index contributed by atoms with van der Waals surface area (Å²) >= 11 is 0. The monoisotopic (exact) mass is 277 g/mol. The predicted molar refractivity (Wildman–Crippen MR) is 72.7 cm³/mol. The molecule has 1 atom stereocenters. The average molecular weight is 277 g/mol. The van der Waals surface area contributed by atoms with Gasteiger partial charge in [-0.15, -0.1) is 0 Å². The summed E-state index contributed by atoms with van der Waals surface area (Å²) in [5.41, 5.74) is 3.19. The van der Waals surface area contributed by atoms with Crippen LogP contribution in [0, 0.1) is 6.92 Å². The number of aryl methyl sites for hydroxylation is 1. The van der Waals surface area contributed by atoms with Crippen LogP contribution >= 0.6 is 0 Å². The lowest BCUT2D eigenvalue weighted by molar-refractivity contribution is -0.137.